The molecule has 0 amide bonds. The molecule has 0 radical (unpaired) electrons. The minimum atomic E-state index is -2.63. The van der Waals surface area contributed by atoms with Crippen LogP contribution < -0.4 is 0 Å². The molecule has 3 aromatic carbocycles. The molecule has 1 fully saturated rings. The summed E-state index contributed by atoms with van der Waals surface area (Å²) in [6, 6.07) is 26.8. The second-order valence-electron chi connectivity index (χ2n) is 9.02. The maximum atomic E-state index is 12.8. The maximum absolute atomic E-state index is 12.8. The molecule has 0 unspecified atom stereocenters. The molecule has 0 bridgehead atoms. The van der Waals surface area contributed by atoms with Crippen molar-refractivity contribution in [2.45, 2.75) is 50.0 Å². The van der Waals surface area contributed by atoms with Crippen molar-refractivity contribution in [3.05, 3.63) is 118 Å². The van der Waals surface area contributed by atoms with E-state index in [1.807, 2.05) is 91.0 Å². The van der Waals surface area contributed by atoms with Crippen LogP contribution in [0.1, 0.15) is 16.7 Å². The molecule has 1 aliphatic rings. The number of carbonyl (C=O) groups is 1. The van der Waals surface area contributed by atoms with Gasteiger partial charge in [-0.15, -0.1) is 0 Å². The van der Waals surface area contributed by atoms with E-state index in [0.29, 0.717) is 0 Å². The van der Waals surface area contributed by atoms with Crippen molar-refractivity contribution in [3.8, 4) is 0 Å². The summed E-state index contributed by atoms with van der Waals surface area (Å²) in [5.74, 6) is -3.75. The second-order valence-corrected chi connectivity index (χ2v) is 9.02. The van der Waals surface area contributed by atoms with Crippen LogP contribution in [0.3, 0.4) is 0 Å². The van der Waals surface area contributed by atoms with Crippen molar-refractivity contribution in [1.82, 2.24) is 0 Å². The number of methoxy groups -OCH3 is 1. The summed E-state index contributed by atoms with van der Waals surface area (Å²) >= 11 is 0. The molecule has 0 aromatic heterocycles. The number of hydrogen-bond donors (Lipinski definition) is 1. The standard InChI is InChI=1S/C29H31N3O7/c1-35-28(33)29(34)27(31-32-30)26(38-19-23-15-9-4-10-16-23)25(37-18-22-13-7-3-8-14-22)24(39-29)20-36-17-21-11-5-2-6-12-21/h2-16,24-27,34H,17-20H2,1H3/t24-,25-,26+,27+,29-/m1/s1. The van der Waals surface area contributed by atoms with Crippen LogP contribution in [-0.4, -0.2) is 54.9 Å². The topological polar surface area (TPSA) is 132 Å². The summed E-state index contributed by atoms with van der Waals surface area (Å²) < 4.78 is 29.2. The molecule has 204 valence electrons. The van der Waals surface area contributed by atoms with Gasteiger partial charge in [-0.25, -0.2) is 4.79 Å². The quantitative estimate of drug-likeness (QED) is 0.159. The zero-order valence-corrected chi connectivity index (χ0v) is 21.5. The van der Waals surface area contributed by atoms with E-state index >= 15 is 0 Å². The smallest absolute Gasteiger partial charge is 0.366 e. The molecule has 10 nitrogen and oxygen atoms in total. The number of azide groups is 1. The van der Waals surface area contributed by atoms with Gasteiger partial charge in [-0.05, 0) is 22.2 Å². The first-order valence-corrected chi connectivity index (χ1v) is 12.5. The van der Waals surface area contributed by atoms with Gasteiger partial charge in [0.15, 0.2) is 0 Å². The van der Waals surface area contributed by atoms with E-state index in [0.717, 1.165) is 23.8 Å². The Labute approximate surface area is 226 Å². The molecule has 0 saturated carbocycles. The van der Waals surface area contributed by atoms with Gasteiger partial charge in [0.25, 0.3) is 5.79 Å². The fourth-order valence-corrected chi connectivity index (χ4v) is 4.41. The summed E-state index contributed by atoms with van der Waals surface area (Å²) in [5.41, 5.74) is 12.0. The van der Waals surface area contributed by atoms with Crippen molar-refractivity contribution in [1.29, 1.82) is 0 Å². The van der Waals surface area contributed by atoms with Crippen molar-refractivity contribution >= 4 is 5.97 Å². The van der Waals surface area contributed by atoms with Gasteiger partial charge in [-0.2, -0.15) is 0 Å². The van der Waals surface area contributed by atoms with E-state index in [-0.39, 0.29) is 26.4 Å². The maximum Gasteiger partial charge on any atom is 0.366 e. The Balaban J connectivity index is 1.65. The Morgan fingerprint density at radius 3 is 1.85 bits per heavy atom. The molecule has 5 atom stereocenters. The van der Waals surface area contributed by atoms with Crippen molar-refractivity contribution in [3.63, 3.8) is 0 Å². The Hall–Kier alpha value is -3.76. The van der Waals surface area contributed by atoms with E-state index in [1.54, 1.807) is 0 Å². The summed E-state index contributed by atoms with van der Waals surface area (Å²) in [5, 5.41) is 15.2. The van der Waals surface area contributed by atoms with Gasteiger partial charge in [-0.1, -0.05) is 96.1 Å². The van der Waals surface area contributed by atoms with Gasteiger partial charge in [0.05, 0.1) is 33.5 Å². The number of esters is 1. The molecule has 10 heteroatoms. The van der Waals surface area contributed by atoms with Gasteiger partial charge >= 0.3 is 5.97 Å². The zero-order chi connectivity index (χ0) is 27.5. The number of benzene rings is 3. The van der Waals surface area contributed by atoms with Crippen LogP contribution in [0, 0.1) is 0 Å². The van der Waals surface area contributed by atoms with Gasteiger partial charge in [0.2, 0.25) is 0 Å². The first-order chi connectivity index (χ1) is 19.0. The van der Waals surface area contributed by atoms with Crippen LogP contribution in [0.25, 0.3) is 10.4 Å². The zero-order valence-electron chi connectivity index (χ0n) is 21.5. The van der Waals surface area contributed by atoms with Crippen LogP contribution in [0.4, 0.5) is 0 Å². The number of hydrogen-bond acceptors (Lipinski definition) is 8. The van der Waals surface area contributed by atoms with Crippen LogP contribution >= 0.6 is 0 Å². The van der Waals surface area contributed by atoms with Crippen LogP contribution in [0.15, 0.2) is 96.1 Å². The number of rotatable bonds is 12. The largest absolute Gasteiger partial charge is 0.465 e. The minimum Gasteiger partial charge on any atom is -0.465 e. The summed E-state index contributed by atoms with van der Waals surface area (Å²) in [6.45, 7) is 0.484. The van der Waals surface area contributed by atoms with Gasteiger partial charge in [0, 0.05) is 4.91 Å². The molecule has 4 rings (SSSR count). The van der Waals surface area contributed by atoms with E-state index in [2.05, 4.69) is 10.0 Å². The predicted octanol–water partition coefficient (Wildman–Crippen LogP) is 4.31. The lowest BCUT2D eigenvalue weighted by Crippen LogP contribution is -2.68. The minimum absolute atomic E-state index is 0.0537. The van der Waals surface area contributed by atoms with E-state index in [4.69, 9.17) is 23.7 Å². The third-order valence-corrected chi connectivity index (χ3v) is 6.35. The third-order valence-electron chi connectivity index (χ3n) is 6.35. The Morgan fingerprint density at radius 2 is 1.36 bits per heavy atom. The molecule has 39 heavy (non-hydrogen) atoms. The van der Waals surface area contributed by atoms with Gasteiger partial charge < -0.3 is 28.8 Å². The number of nitrogens with zero attached hydrogens (tertiary/aromatic N) is 3. The lowest BCUT2D eigenvalue weighted by atomic mass is 9.90. The fourth-order valence-electron chi connectivity index (χ4n) is 4.41. The molecule has 3 aromatic rings. The normalized spacial score (nSPS) is 24.5. The number of carbonyl (C=O) groups excluding carboxylic acids is 1. The molecular formula is C29H31N3O7. The average molecular weight is 534 g/mol. The van der Waals surface area contributed by atoms with Crippen molar-refractivity contribution < 1.29 is 33.6 Å². The van der Waals surface area contributed by atoms with Crippen LogP contribution in [-0.2, 0) is 48.3 Å². The summed E-state index contributed by atoms with van der Waals surface area (Å²) in [4.78, 5) is 15.7. The number of ether oxygens (including phenoxy) is 5. The van der Waals surface area contributed by atoms with Crippen LogP contribution in [0.2, 0.25) is 0 Å². The highest BCUT2D eigenvalue weighted by Gasteiger charge is 2.60. The molecule has 1 aliphatic heterocycles. The van der Waals surface area contributed by atoms with E-state index < -0.39 is 36.1 Å². The third kappa shape index (κ3) is 7.21. The second kappa shape index (κ2) is 13.9. The average Bonchev–Trinajstić information content (AvgIpc) is 2.98. The lowest BCUT2D eigenvalue weighted by Gasteiger charge is -2.47. The van der Waals surface area contributed by atoms with Crippen LogP contribution in [0.5, 0.6) is 0 Å². The van der Waals surface area contributed by atoms with Crippen molar-refractivity contribution in [2.75, 3.05) is 13.7 Å². The van der Waals surface area contributed by atoms with Crippen molar-refractivity contribution in [2.24, 2.45) is 5.11 Å². The SMILES string of the molecule is COC(=O)[C@]1(O)O[C@H](COCc2ccccc2)[C@@H](OCc2ccccc2)[C@H](OCc2ccccc2)[C@@H]1N=[N+]=[N-]. The molecule has 0 aliphatic carbocycles. The lowest BCUT2D eigenvalue weighted by molar-refractivity contribution is -0.321. The molecular weight excluding hydrogens is 502 g/mol. The first-order valence-electron chi connectivity index (χ1n) is 12.5. The predicted molar refractivity (Wildman–Crippen MR) is 141 cm³/mol. The highest BCUT2D eigenvalue weighted by molar-refractivity contribution is 5.79. The molecule has 1 heterocycles. The Kier molecular flexibility index (Phi) is 10.0. The summed E-state index contributed by atoms with van der Waals surface area (Å²) in [6.07, 6.45) is -2.95. The molecule has 1 N–H and O–H groups in total. The fraction of sp³-hybridized carbons (Fsp3) is 0.345. The Morgan fingerprint density at radius 1 is 0.872 bits per heavy atom. The summed E-state index contributed by atoms with van der Waals surface area (Å²) in [7, 11) is 1.11. The number of aliphatic hydroxyl groups is 1. The molecule has 1 saturated heterocycles. The van der Waals surface area contributed by atoms with Gasteiger partial charge in [0.1, 0.15) is 24.4 Å². The van der Waals surface area contributed by atoms with Gasteiger partial charge in [-0.3, -0.25) is 0 Å². The highest BCUT2D eigenvalue weighted by Crippen LogP contribution is 2.36. The first kappa shape index (κ1) is 28.3. The molecule has 0 spiro atoms. The Bertz CT molecular complexity index is 1230. The van der Waals surface area contributed by atoms with E-state index in [9.17, 15) is 15.4 Å². The monoisotopic (exact) mass is 533 g/mol. The highest BCUT2D eigenvalue weighted by atomic mass is 16.7. The van der Waals surface area contributed by atoms with E-state index in [1.165, 1.54) is 0 Å².